The summed E-state index contributed by atoms with van der Waals surface area (Å²) in [7, 11) is 1.60. The van der Waals surface area contributed by atoms with Crippen molar-refractivity contribution in [3.63, 3.8) is 0 Å². The van der Waals surface area contributed by atoms with Gasteiger partial charge >= 0.3 is 0 Å². The molecule has 4 heterocycles. The van der Waals surface area contributed by atoms with E-state index in [4.69, 9.17) is 25.2 Å². The van der Waals surface area contributed by atoms with Crippen LogP contribution < -0.4 is 10.5 Å². The number of thiophene rings is 1. The van der Waals surface area contributed by atoms with Gasteiger partial charge in [0.1, 0.15) is 28.9 Å². The van der Waals surface area contributed by atoms with Gasteiger partial charge in [0.15, 0.2) is 0 Å². The molecule has 0 spiro atoms. The lowest BCUT2D eigenvalue weighted by atomic mass is 9.97. The number of hydrogen-bond donors (Lipinski definition) is 1. The number of amides is 1. The highest BCUT2D eigenvalue weighted by Gasteiger charge is 2.28. The van der Waals surface area contributed by atoms with Gasteiger partial charge in [0.05, 0.1) is 24.5 Å². The number of methoxy groups -OCH3 is 1. The van der Waals surface area contributed by atoms with E-state index in [2.05, 4.69) is 36.2 Å². The van der Waals surface area contributed by atoms with E-state index in [0.717, 1.165) is 60.9 Å². The molecule has 2 aliphatic rings. The molecule has 1 atom stereocenters. The number of carbonyl (C=O) groups excluding carboxylic acids is 1. The Kier molecular flexibility index (Phi) is 7.75. The summed E-state index contributed by atoms with van der Waals surface area (Å²) in [5.74, 6) is -0.0573. The van der Waals surface area contributed by atoms with Gasteiger partial charge < -0.3 is 20.1 Å². The summed E-state index contributed by atoms with van der Waals surface area (Å²) >= 11 is 3.16. The Hall–Kier alpha value is -3.96. The largest absolute Gasteiger partial charge is 0.490 e. The van der Waals surface area contributed by atoms with Crippen LogP contribution in [0, 0.1) is 5.82 Å². The predicted octanol–water partition coefficient (Wildman–Crippen LogP) is 6.41. The lowest BCUT2D eigenvalue weighted by Crippen LogP contribution is -2.34. The van der Waals surface area contributed by atoms with Crippen molar-refractivity contribution in [1.29, 1.82) is 0 Å². The topological polar surface area (TPSA) is 90.6 Å². The summed E-state index contributed by atoms with van der Waals surface area (Å²) in [6.45, 7) is 5.37. The van der Waals surface area contributed by atoms with Crippen molar-refractivity contribution >= 4 is 38.7 Å². The van der Waals surface area contributed by atoms with E-state index in [9.17, 15) is 9.18 Å². The number of pyridine rings is 1. The van der Waals surface area contributed by atoms with Gasteiger partial charge in [-0.1, -0.05) is 18.7 Å². The van der Waals surface area contributed by atoms with E-state index >= 15 is 0 Å². The summed E-state index contributed by atoms with van der Waals surface area (Å²) in [4.78, 5) is 25.7. The predicted molar refractivity (Wildman–Crippen MR) is 174 cm³/mol. The highest BCUT2D eigenvalue weighted by molar-refractivity contribution is 7.18. The standard InChI is InChI=1S/C34H31FN4O3S2/c1-3-29(40)39-10-8-26-28(18-39)44-34(37-26)32-30(24-7-6-22(35)17-27(24)42-12-11-41-2)33-25(9-13-43-33)31(38-32)20-5-4-19-15-23(36)16-21(19)14-20/h3-7,9,13-14,17,23H,1,8,10-12,15-16,18,36H2,2H3. The van der Waals surface area contributed by atoms with Crippen LogP contribution in [0.15, 0.2) is 60.5 Å². The summed E-state index contributed by atoms with van der Waals surface area (Å²) in [6, 6.07) is 13.4. The van der Waals surface area contributed by atoms with Crippen LogP contribution in [0.4, 0.5) is 4.39 Å². The van der Waals surface area contributed by atoms with Crippen molar-refractivity contribution in [3.8, 4) is 38.8 Å². The molecule has 1 aliphatic carbocycles. The first-order valence-electron chi connectivity index (χ1n) is 14.5. The van der Waals surface area contributed by atoms with E-state index < -0.39 is 0 Å². The molecule has 3 aromatic heterocycles. The van der Waals surface area contributed by atoms with Crippen LogP contribution in [-0.4, -0.2) is 53.7 Å². The molecule has 1 aliphatic heterocycles. The highest BCUT2D eigenvalue weighted by atomic mass is 32.1. The molecule has 0 bridgehead atoms. The molecule has 224 valence electrons. The minimum atomic E-state index is -0.386. The van der Waals surface area contributed by atoms with Gasteiger partial charge in [0.2, 0.25) is 5.91 Å². The number of rotatable bonds is 8. The second-order valence-electron chi connectivity index (χ2n) is 11.1. The summed E-state index contributed by atoms with van der Waals surface area (Å²) in [5, 5.41) is 3.82. The third kappa shape index (κ3) is 5.21. The molecule has 5 aromatic rings. The molecular weight excluding hydrogens is 596 g/mol. The maximum absolute atomic E-state index is 14.6. The fourth-order valence-electron chi connectivity index (χ4n) is 6.12. The Balaban J connectivity index is 1.44. The van der Waals surface area contributed by atoms with Crippen LogP contribution in [0.2, 0.25) is 0 Å². The molecule has 0 saturated carbocycles. The zero-order chi connectivity index (χ0) is 30.4. The average Bonchev–Trinajstić information content (AvgIpc) is 3.77. The van der Waals surface area contributed by atoms with Crippen molar-refractivity contribution < 1.29 is 18.7 Å². The number of hydrogen-bond acceptors (Lipinski definition) is 8. The molecule has 7 rings (SSSR count). The first-order chi connectivity index (χ1) is 21.4. The van der Waals surface area contributed by atoms with Crippen LogP contribution >= 0.6 is 22.7 Å². The third-order valence-corrected chi connectivity index (χ3v) is 10.3. The lowest BCUT2D eigenvalue weighted by molar-refractivity contribution is -0.126. The van der Waals surface area contributed by atoms with Crippen LogP contribution in [-0.2, 0) is 35.3 Å². The number of halogens is 1. The first kappa shape index (κ1) is 28.8. The zero-order valence-electron chi connectivity index (χ0n) is 24.3. The lowest BCUT2D eigenvalue weighted by Gasteiger charge is -2.24. The van der Waals surface area contributed by atoms with Gasteiger partial charge in [-0.2, -0.15) is 0 Å². The third-order valence-electron chi connectivity index (χ3n) is 8.23. The van der Waals surface area contributed by atoms with Gasteiger partial charge in [-0.25, -0.2) is 14.4 Å². The minimum absolute atomic E-state index is 0.0906. The molecule has 1 amide bonds. The van der Waals surface area contributed by atoms with Crippen molar-refractivity contribution in [3.05, 3.63) is 88.0 Å². The van der Waals surface area contributed by atoms with Gasteiger partial charge in [0, 0.05) is 63.8 Å². The van der Waals surface area contributed by atoms with E-state index in [1.807, 2.05) is 0 Å². The molecule has 0 saturated heterocycles. The first-order valence-corrected chi connectivity index (χ1v) is 16.2. The smallest absolute Gasteiger partial charge is 0.246 e. The van der Waals surface area contributed by atoms with E-state index in [1.54, 1.807) is 40.7 Å². The maximum Gasteiger partial charge on any atom is 0.246 e. The second-order valence-corrected chi connectivity index (χ2v) is 13.1. The molecule has 2 N–H and O–H groups in total. The minimum Gasteiger partial charge on any atom is -0.490 e. The van der Waals surface area contributed by atoms with Gasteiger partial charge in [0.25, 0.3) is 0 Å². The van der Waals surface area contributed by atoms with Crippen molar-refractivity contribution in [1.82, 2.24) is 14.9 Å². The number of benzene rings is 2. The fourth-order valence-corrected chi connectivity index (χ4v) is 8.20. The zero-order valence-corrected chi connectivity index (χ0v) is 25.9. The van der Waals surface area contributed by atoms with E-state index in [-0.39, 0.29) is 24.4 Å². The fraction of sp³-hybridized carbons (Fsp3) is 0.265. The van der Waals surface area contributed by atoms with Gasteiger partial charge in [-0.05, 0) is 59.7 Å². The molecule has 1 unspecified atom stereocenters. The summed E-state index contributed by atoms with van der Waals surface area (Å²) in [6.07, 6.45) is 3.74. The Morgan fingerprint density at radius 1 is 1.14 bits per heavy atom. The Labute approximate surface area is 262 Å². The highest BCUT2D eigenvalue weighted by Crippen LogP contribution is 2.47. The normalized spacial score (nSPS) is 15.8. The quantitative estimate of drug-likeness (QED) is 0.158. The van der Waals surface area contributed by atoms with E-state index in [1.165, 1.54) is 29.3 Å². The van der Waals surface area contributed by atoms with Crippen LogP contribution in [0.3, 0.4) is 0 Å². The monoisotopic (exact) mass is 626 g/mol. The molecule has 2 aromatic carbocycles. The number of nitrogens with two attached hydrogens (primary N) is 1. The van der Waals surface area contributed by atoms with Crippen LogP contribution in [0.25, 0.3) is 43.2 Å². The van der Waals surface area contributed by atoms with Gasteiger partial charge in [-0.3, -0.25) is 4.79 Å². The SMILES string of the molecule is C=CC(=O)N1CCc2nc(-c3nc(-c4ccc5c(c4)CC(N)C5)c4ccsc4c3-c3ccc(F)cc3OCCOC)sc2C1. The van der Waals surface area contributed by atoms with Crippen LogP contribution in [0.1, 0.15) is 21.7 Å². The van der Waals surface area contributed by atoms with Gasteiger partial charge in [-0.15, -0.1) is 22.7 Å². The van der Waals surface area contributed by atoms with Crippen molar-refractivity contribution in [2.75, 3.05) is 26.9 Å². The molecule has 44 heavy (non-hydrogen) atoms. The summed E-state index contributed by atoms with van der Waals surface area (Å²) in [5.41, 5.74) is 14.0. The van der Waals surface area contributed by atoms with Crippen molar-refractivity contribution in [2.45, 2.75) is 31.8 Å². The number of thiazole rings is 1. The number of nitrogens with zero attached hydrogens (tertiary/aromatic N) is 3. The number of aromatic nitrogens is 2. The molecular formula is C34H31FN4O3S2. The number of carbonyl (C=O) groups is 1. The second kappa shape index (κ2) is 11.9. The molecule has 7 nitrogen and oxygen atoms in total. The number of ether oxygens (including phenoxy) is 2. The molecule has 10 heteroatoms. The average molecular weight is 627 g/mol. The summed E-state index contributed by atoms with van der Waals surface area (Å²) < 4.78 is 26.9. The van der Waals surface area contributed by atoms with Crippen molar-refractivity contribution in [2.24, 2.45) is 5.73 Å². The Bertz CT molecular complexity index is 1920. The van der Waals surface area contributed by atoms with Crippen LogP contribution in [0.5, 0.6) is 5.75 Å². The maximum atomic E-state index is 14.6. The number of fused-ring (bicyclic) bond motifs is 3. The molecule has 0 radical (unpaired) electrons. The Morgan fingerprint density at radius 3 is 2.84 bits per heavy atom. The Morgan fingerprint density at radius 2 is 2.00 bits per heavy atom. The molecule has 0 fully saturated rings. The van der Waals surface area contributed by atoms with E-state index in [0.29, 0.717) is 37.6 Å².